The smallest absolute Gasteiger partial charge is 0.336 e. The average Bonchev–Trinajstić information content (AvgIpc) is 2.64. The van der Waals surface area contributed by atoms with Gasteiger partial charge in [0.25, 0.3) is 0 Å². The number of anilines is 1. The second-order valence-electron chi connectivity index (χ2n) is 7.18. The van der Waals surface area contributed by atoms with Crippen LogP contribution in [0.5, 0.6) is 0 Å². The molecule has 156 valence electrons. The minimum Gasteiger partial charge on any atom is -0.423 e. The Kier molecular flexibility index (Phi) is 7.49. The quantitative estimate of drug-likeness (QED) is 0.477. The molecule has 0 bridgehead atoms. The molecule has 1 aromatic carbocycles. The molecule has 2 aromatic rings. The van der Waals surface area contributed by atoms with Crippen LogP contribution in [0.2, 0.25) is 0 Å². The Morgan fingerprint density at radius 3 is 2.52 bits per heavy atom. The molecule has 0 saturated carbocycles. The molecule has 0 aliphatic heterocycles. The van der Waals surface area contributed by atoms with Crippen LogP contribution in [0.4, 0.5) is 5.69 Å². The predicted molar refractivity (Wildman–Crippen MR) is 109 cm³/mol. The molecule has 0 aliphatic rings. The average molecular weight is 402 g/mol. The fourth-order valence-electron chi connectivity index (χ4n) is 2.83. The van der Waals surface area contributed by atoms with Crippen molar-refractivity contribution in [3.63, 3.8) is 0 Å². The largest absolute Gasteiger partial charge is 0.423 e. The van der Waals surface area contributed by atoms with Gasteiger partial charge in [-0.05, 0) is 37.0 Å². The summed E-state index contributed by atoms with van der Waals surface area (Å²) in [7, 11) is 0. The number of hydrogen-bond acceptors (Lipinski definition) is 6. The van der Waals surface area contributed by atoms with Gasteiger partial charge in [0.15, 0.2) is 0 Å². The van der Waals surface area contributed by atoms with Gasteiger partial charge in [0.05, 0.1) is 13.1 Å². The first kappa shape index (κ1) is 22.1. The molecule has 0 saturated heterocycles. The van der Waals surface area contributed by atoms with E-state index in [0.717, 1.165) is 10.9 Å². The van der Waals surface area contributed by atoms with Gasteiger partial charge in [-0.2, -0.15) is 0 Å². The first-order valence-electron chi connectivity index (χ1n) is 9.31. The maximum atomic E-state index is 12.7. The van der Waals surface area contributed by atoms with Gasteiger partial charge in [-0.3, -0.25) is 14.4 Å². The predicted octanol–water partition coefficient (Wildman–Crippen LogP) is 0.646. The Morgan fingerprint density at radius 2 is 1.86 bits per heavy atom. The van der Waals surface area contributed by atoms with Crippen molar-refractivity contribution in [2.45, 2.75) is 33.2 Å². The third-order valence-corrected chi connectivity index (χ3v) is 4.21. The van der Waals surface area contributed by atoms with Crippen LogP contribution in [0.25, 0.3) is 11.0 Å². The molecule has 3 amide bonds. The number of hydrogen-bond donors (Lipinski definition) is 4. The van der Waals surface area contributed by atoms with Gasteiger partial charge in [-0.25, -0.2) is 4.79 Å². The van der Waals surface area contributed by atoms with Gasteiger partial charge in [0.1, 0.15) is 11.6 Å². The van der Waals surface area contributed by atoms with E-state index in [0.29, 0.717) is 17.7 Å². The summed E-state index contributed by atoms with van der Waals surface area (Å²) in [6, 6.07) is 5.62. The van der Waals surface area contributed by atoms with E-state index in [1.54, 1.807) is 25.1 Å². The zero-order valence-electron chi connectivity index (χ0n) is 16.7. The lowest BCUT2D eigenvalue weighted by Crippen LogP contribution is -2.48. The molecule has 0 fully saturated rings. The maximum Gasteiger partial charge on any atom is 0.336 e. The summed E-state index contributed by atoms with van der Waals surface area (Å²) >= 11 is 0. The van der Waals surface area contributed by atoms with E-state index < -0.39 is 29.4 Å². The normalized spacial score (nSPS) is 11.9. The summed E-state index contributed by atoms with van der Waals surface area (Å²) < 4.78 is 5.19. The summed E-state index contributed by atoms with van der Waals surface area (Å²) in [5.41, 5.74) is 6.29. The van der Waals surface area contributed by atoms with E-state index in [1.165, 1.54) is 6.07 Å². The van der Waals surface area contributed by atoms with E-state index in [1.807, 2.05) is 13.8 Å². The van der Waals surface area contributed by atoms with Crippen LogP contribution in [0.15, 0.2) is 33.5 Å². The van der Waals surface area contributed by atoms with Crippen LogP contribution in [0.3, 0.4) is 0 Å². The summed E-state index contributed by atoms with van der Waals surface area (Å²) in [5.74, 6) is -1.22. The zero-order valence-corrected chi connectivity index (χ0v) is 16.7. The van der Waals surface area contributed by atoms with Crippen molar-refractivity contribution in [3.8, 4) is 0 Å². The molecule has 1 heterocycles. The van der Waals surface area contributed by atoms with Crippen molar-refractivity contribution in [3.05, 3.63) is 40.2 Å². The van der Waals surface area contributed by atoms with Gasteiger partial charge >= 0.3 is 5.63 Å². The third kappa shape index (κ3) is 6.42. The third-order valence-electron chi connectivity index (χ3n) is 4.21. The van der Waals surface area contributed by atoms with E-state index in [4.69, 9.17) is 10.2 Å². The standard InChI is InChI=1S/C20H26N4O5/c1-11(2)6-15(24-18(26)10-22-17(25)9-21)20(28)23-13-4-5-14-12(3)7-19(27)29-16(14)8-13/h4-5,7-8,11,15H,6,9-10,21H2,1-3H3,(H,22,25)(H,23,28)(H,24,26)/t15-/m0/s1. The monoisotopic (exact) mass is 402 g/mol. The van der Waals surface area contributed by atoms with Gasteiger partial charge < -0.3 is 26.1 Å². The molecular formula is C20H26N4O5. The molecular weight excluding hydrogens is 376 g/mol. The molecule has 1 aromatic heterocycles. The molecule has 1 atom stereocenters. The second-order valence-corrected chi connectivity index (χ2v) is 7.18. The van der Waals surface area contributed by atoms with E-state index in [-0.39, 0.29) is 19.0 Å². The number of rotatable bonds is 8. The fraction of sp³-hybridized carbons (Fsp3) is 0.400. The highest BCUT2D eigenvalue weighted by Gasteiger charge is 2.22. The SMILES string of the molecule is Cc1cc(=O)oc2cc(NC(=O)[C@H](CC(C)C)NC(=O)CNC(=O)CN)ccc12. The summed E-state index contributed by atoms with van der Waals surface area (Å²) in [6.45, 7) is 5.17. The molecule has 0 radical (unpaired) electrons. The highest BCUT2D eigenvalue weighted by Crippen LogP contribution is 2.21. The number of amides is 3. The fourth-order valence-corrected chi connectivity index (χ4v) is 2.83. The minimum atomic E-state index is -0.794. The minimum absolute atomic E-state index is 0.141. The molecule has 0 spiro atoms. The van der Waals surface area contributed by atoms with Crippen LogP contribution < -0.4 is 27.3 Å². The summed E-state index contributed by atoms with van der Waals surface area (Å²) in [4.78, 5) is 47.6. The Balaban J connectivity index is 2.12. The van der Waals surface area contributed by atoms with Crippen LogP contribution in [0, 0.1) is 12.8 Å². The van der Waals surface area contributed by atoms with Crippen LogP contribution in [-0.4, -0.2) is 36.9 Å². The van der Waals surface area contributed by atoms with E-state index in [9.17, 15) is 19.2 Å². The number of carbonyl (C=O) groups excluding carboxylic acids is 3. The molecule has 9 heteroatoms. The number of nitrogens with two attached hydrogens (primary N) is 1. The van der Waals surface area contributed by atoms with Crippen LogP contribution >= 0.6 is 0 Å². The Hall–Kier alpha value is -3.20. The highest BCUT2D eigenvalue weighted by molar-refractivity contribution is 5.99. The summed E-state index contributed by atoms with van der Waals surface area (Å²) in [5, 5.41) is 8.49. The van der Waals surface area contributed by atoms with E-state index >= 15 is 0 Å². The van der Waals surface area contributed by atoms with Crippen LogP contribution in [0.1, 0.15) is 25.8 Å². The first-order valence-corrected chi connectivity index (χ1v) is 9.31. The lowest BCUT2D eigenvalue weighted by Gasteiger charge is -2.20. The number of benzene rings is 1. The van der Waals surface area contributed by atoms with Gasteiger partial charge in [0, 0.05) is 23.2 Å². The molecule has 5 N–H and O–H groups in total. The van der Waals surface area contributed by atoms with Crippen LogP contribution in [-0.2, 0) is 14.4 Å². The highest BCUT2D eigenvalue weighted by atomic mass is 16.4. The lowest BCUT2D eigenvalue weighted by molar-refractivity contribution is -0.128. The van der Waals surface area contributed by atoms with Crippen molar-refractivity contribution in [1.29, 1.82) is 0 Å². The second kappa shape index (κ2) is 9.83. The van der Waals surface area contributed by atoms with Gasteiger partial charge in [-0.15, -0.1) is 0 Å². The number of nitrogens with one attached hydrogen (secondary N) is 3. The van der Waals surface area contributed by atoms with Crippen molar-refractivity contribution >= 4 is 34.4 Å². The molecule has 29 heavy (non-hydrogen) atoms. The number of carbonyl (C=O) groups is 3. The molecule has 2 rings (SSSR count). The van der Waals surface area contributed by atoms with Crippen molar-refractivity contribution in [1.82, 2.24) is 10.6 Å². The van der Waals surface area contributed by atoms with E-state index in [2.05, 4.69) is 16.0 Å². The topological polar surface area (TPSA) is 144 Å². The van der Waals surface area contributed by atoms with Crippen molar-refractivity contribution < 1.29 is 18.8 Å². The Morgan fingerprint density at radius 1 is 1.14 bits per heavy atom. The van der Waals surface area contributed by atoms with Gasteiger partial charge in [-0.1, -0.05) is 13.8 Å². The number of fused-ring (bicyclic) bond motifs is 1. The molecule has 0 unspecified atom stereocenters. The zero-order chi connectivity index (χ0) is 21.6. The Bertz CT molecular complexity index is 967. The molecule has 9 nitrogen and oxygen atoms in total. The molecule has 0 aliphatic carbocycles. The maximum absolute atomic E-state index is 12.7. The number of aryl methyl sites for hydroxylation is 1. The lowest BCUT2D eigenvalue weighted by atomic mass is 10.0. The Labute approximate surface area is 168 Å². The van der Waals surface area contributed by atoms with Gasteiger partial charge in [0.2, 0.25) is 17.7 Å². The summed E-state index contributed by atoms with van der Waals surface area (Å²) in [6.07, 6.45) is 0.407. The van der Waals surface area contributed by atoms with Crippen molar-refractivity contribution in [2.75, 3.05) is 18.4 Å². The van der Waals surface area contributed by atoms with Crippen molar-refractivity contribution in [2.24, 2.45) is 11.7 Å². The first-order chi connectivity index (χ1) is 13.7.